The first-order valence-electron chi connectivity index (χ1n) is 11.4. The molecule has 3 heterocycles. The lowest BCUT2D eigenvalue weighted by molar-refractivity contribution is -0.129. The van der Waals surface area contributed by atoms with E-state index in [1.807, 2.05) is 30.3 Å². The number of rotatable bonds is 6. The van der Waals surface area contributed by atoms with Crippen LogP contribution in [0.5, 0.6) is 0 Å². The van der Waals surface area contributed by atoms with E-state index in [-0.39, 0.29) is 22.9 Å². The topological polar surface area (TPSA) is 84.3 Å². The number of fused-ring (bicyclic) bond motifs is 3. The van der Waals surface area contributed by atoms with Gasteiger partial charge in [0.2, 0.25) is 11.8 Å². The number of nitrogens with zero attached hydrogens (tertiary/aromatic N) is 3. The van der Waals surface area contributed by atoms with Crippen LogP contribution in [0.25, 0.3) is 10.2 Å². The van der Waals surface area contributed by atoms with Crippen molar-refractivity contribution in [3.8, 4) is 0 Å². The van der Waals surface area contributed by atoms with E-state index >= 15 is 0 Å². The number of hydrogen-bond donors (Lipinski definition) is 1. The first-order valence-corrected chi connectivity index (χ1v) is 13.2. The summed E-state index contributed by atoms with van der Waals surface area (Å²) in [5.74, 6) is -0.942. The van der Waals surface area contributed by atoms with Crippen molar-refractivity contribution in [2.24, 2.45) is 0 Å². The Bertz CT molecular complexity index is 1520. The average Bonchev–Trinajstić information content (AvgIpc) is 3.24. The minimum absolute atomic E-state index is 0.00432. The highest BCUT2D eigenvalue weighted by molar-refractivity contribution is 7.99. The second kappa shape index (κ2) is 10.2. The molecule has 0 radical (unpaired) electrons. The van der Waals surface area contributed by atoms with Crippen LogP contribution in [-0.4, -0.2) is 38.6 Å². The van der Waals surface area contributed by atoms with Crippen molar-refractivity contribution in [1.82, 2.24) is 14.5 Å². The molecule has 0 aliphatic carbocycles. The van der Waals surface area contributed by atoms with E-state index in [2.05, 4.69) is 5.32 Å². The maximum absolute atomic E-state index is 13.9. The highest BCUT2D eigenvalue weighted by Crippen LogP contribution is 2.34. The number of amides is 2. The maximum atomic E-state index is 13.9. The van der Waals surface area contributed by atoms with Gasteiger partial charge in [0, 0.05) is 18.3 Å². The summed E-state index contributed by atoms with van der Waals surface area (Å²) in [5.41, 5.74) is 1.84. The molecule has 36 heavy (non-hydrogen) atoms. The van der Waals surface area contributed by atoms with Crippen molar-refractivity contribution in [2.75, 3.05) is 17.6 Å². The van der Waals surface area contributed by atoms with Crippen molar-refractivity contribution in [3.63, 3.8) is 0 Å². The molecular formula is C26H23FN4O3S2. The van der Waals surface area contributed by atoms with E-state index in [0.29, 0.717) is 41.4 Å². The van der Waals surface area contributed by atoms with Crippen LogP contribution in [0.4, 0.5) is 10.1 Å². The first-order chi connectivity index (χ1) is 17.4. The number of para-hydroxylation sites is 1. The van der Waals surface area contributed by atoms with Gasteiger partial charge in [-0.15, -0.1) is 11.3 Å². The molecule has 7 nitrogen and oxygen atoms in total. The van der Waals surface area contributed by atoms with Crippen LogP contribution in [0.15, 0.2) is 64.5 Å². The zero-order chi connectivity index (χ0) is 25.2. The number of carbonyl (C=O) groups is 2. The SMILES string of the molecule is CC(=O)N1CCc2c(sc3nc(SCC(=O)Nc4ccccc4F)n(Cc4ccccc4)c(=O)c23)C1. The highest BCUT2D eigenvalue weighted by Gasteiger charge is 2.26. The quantitative estimate of drug-likeness (QED) is 0.302. The van der Waals surface area contributed by atoms with Gasteiger partial charge in [0.25, 0.3) is 5.56 Å². The summed E-state index contributed by atoms with van der Waals surface area (Å²) in [4.78, 5) is 46.4. The molecule has 5 rings (SSSR count). The summed E-state index contributed by atoms with van der Waals surface area (Å²) in [6, 6.07) is 15.6. The van der Waals surface area contributed by atoms with Crippen LogP contribution in [0.3, 0.4) is 0 Å². The van der Waals surface area contributed by atoms with E-state index in [9.17, 15) is 18.8 Å². The molecule has 0 unspecified atom stereocenters. The summed E-state index contributed by atoms with van der Waals surface area (Å²) in [7, 11) is 0. The Morgan fingerprint density at radius 1 is 1.14 bits per heavy atom. The Hall–Kier alpha value is -3.50. The molecule has 0 saturated heterocycles. The predicted molar refractivity (Wildman–Crippen MR) is 140 cm³/mol. The summed E-state index contributed by atoms with van der Waals surface area (Å²) >= 11 is 2.56. The van der Waals surface area contributed by atoms with Gasteiger partial charge in [0.1, 0.15) is 10.6 Å². The number of hydrogen-bond acceptors (Lipinski definition) is 6. The van der Waals surface area contributed by atoms with Gasteiger partial charge in [0.05, 0.1) is 29.9 Å². The Balaban J connectivity index is 1.49. The second-order valence-electron chi connectivity index (χ2n) is 8.46. The van der Waals surface area contributed by atoms with Gasteiger partial charge < -0.3 is 10.2 Å². The highest BCUT2D eigenvalue weighted by atomic mass is 32.2. The smallest absolute Gasteiger partial charge is 0.263 e. The van der Waals surface area contributed by atoms with E-state index in [0.717, 1.165) is 27.8 Å². The summed E-state index contributed by atoms with van der Waals surface area (Å²) in [6.45, 7) is 2.89. The molecule has 4 aromatic rings. The number of nitrogens with one attached hydrogen (secondary N) is 1. The van der Waals surface area contributed by atoms with Crippen LogP contribution < -0.4 is 10.9 Å². The van der Waals surface area contributed by atoms with Crippen LogP contribution in [0.1, 0.15) is 22.9 Å². The summed E-state index contributed by atoms with van der Waals surface area (Å²) in [5, 5.41) is 3.58. The molecule has 2 aromatic heterocycles. The van der Waals surface area contributed by atoms with Crippen LogP contribution in [0, 0.1) is 5.82 Å². The van der Waals surface area contributed by atoms with Crippen LogP contribution in [-0.2, 0) is 29.1 Å². The van der Waals surface area contributed by atoms with Gasteiger partial charge in [0.15, 0.2) is 5.16 Å². The Kier molecular flexibility index (Phi) is 6.88. The number of anilines is 1. The van der Waals surface area contributed by atoms with Crippen molar-refractivity contribution in [1.29, 1.82) is 0 Å². The molecular weight excluding hydrogens is 499 g/mol. The molecule has 1 aliphatic rings. The summed E-state index contributed by atoms with van der Waals surface area (Å²) < 4.78 is 15.5. The first kappa shape index (κ1) is 24.2. The van der Waals surface area contributed by atoms with Gasteiger partial charge in [-0.2, -0.15) is 0 Å². The molecule has 0 spiro atoms. The van der Waals surface area contributed by atoms with Crippen molar-refractivity contribution < 1.29 is 14.0 Å². The average molecular weight is 523 g/mol. The van der Waals surface area contributed by atoms with Gasteiger partial charge in [-0.05, 0) is 29.7 Å². The largest absolute Gasteiger partial charge is 0.337 e. The molecule has 0 atom stereocenters. The number of thioether (sulfide) groups is 1. The normalized spacial score (nSPS) is 13.0. The van der Waals surface area contributed by atoms with E-state index in [1.165, 1.54) is 23.5 Å². The Labute approximate surface area is 215 Å². The second-order valence-corrected chi connectivity index (χ2v) is 10.5. The fraction of sp³-hybridized carbons (Fsp3) is 0.231. The standard InChI is InChI=1S/C26H23FN4O3S2/c1-16(32)30-12-11-18-21(14-30)36-24-23(18)25(34)31(13-17-7-3-2-4-8-17)26(29-24)35-15-22(33)28-20-10-6-5-9-19(20)27/h2-10H,11-15H2,1H3,(H,28,33). The van der Waals surface area contributed by atoms with Crippen LogP contribution in [0.2, 0.25) is 0 Å². The van der Waals surface area contributed by atoms with Crippen molar-refractivity contribution >= 4 is 50.8 Å². The van der Waals surface area contributed by atoms with Gasteiger partial charge >= 0.3 is 0 Å². The lowest BCUT2D eigenvalue weighted by Gasteiger charge is -2.25. The Morgan fingerprint density at radius 3 is 2.64 bits per heavy atom. The number of benzene rings is 2. The maximum Gasteiger partial charge on any atom is 0.263 e. The van der Waals surface area contributed by atoms with Crippen molar-refractivity contribution in [2.45, 2.75) is 31.6 Å². The molecule has 1 aliphatic heterocycles. The third-order valence-electron chi connectivity index (χ3n) is 6.03. The molecule has 0 fully saturated rings. The van der Waals surface area contributed by atoms with Crippen LogP contribution >= 0.6 is 23.1 Å². The minimum Gasteiger partial charge on any atom is -0.337 e. The van der Waals surface area contributed by atoms with E-state index < -0.39 is 11.7 Å². The van der Waals surface area contributed by atoms with Gasteiger partial charge in [-0.3, -0.25) is 19.0 Å². The molecule has 2 aromatic carbocycles. The molecule has 10 heteroatoms. The number of halogens is 1. The molecule has 0 bridgehead atoms. The zero-order valence-corrected chi connectivity index (χ0v) is 21.1. The Morgan fingerprint density at radius 2 is 1.89 bits per heavy atom. The fourth-order valence-corrected chi connectivity index (χ4v) is 6.30. The third kappa shape index (κ3) is 4.91. The summed E-state index contributed by atoms with van der Waals surface area (Å²) in [6.07, 6.45) is 0.606. The molecule has 1 N–H and O–H groups in total. The van der Waals surface area contributed by atoms with Gasteiger partial charge in [-0.25, -0.2) is 9.37 Å². The van der Waals surface area contributed by atoms with E-state index in [4.69, 9.17) is 4.98 Å². The lowest BCUT2D eigenvalue weighted by Crippen LogP contribution is -2.34. The molecule has 0 saturated carbocycles. The fourth-order valence-electron chi connectivity index (χ4n) is 4.22. The lowest BCUT2D eigenvalue weighted by atomic mass is 10.1. The number of carbonyl (C=O) groups excluding carboxylic acids is 2. The van der Waals surface area contributed by atoms with Gasteiger partial charge in [-0.1, -0.05) is 54.2 Å². The van der Waals surface area contributed by atoms with E-state index in [1.54, 1.807) is 28.5 Å². The minimum atomic E-state index is -0.514. The van der Waals surface area contributed by atoms with Crippen molar-refractivity contribution in [3.05, 3.63) is 86.8 Å². The molecule has 2 amide bonds. The third-order valence-corrected chi connectivity index (χ3v) is 8.12. The predicted octanol–water partition coefficient (Wildman–Crippen LogP) is 4.28. The zero-order valence-electron chi connectivity index (χ0n) is 19.5. The molecule has 184 valence electrons. The number of thiophene rings is 1. The number of aromatic nitrogens is 2. The monoisotopic (exact) mass is 522 g/mol.